The van der Waals surface area contributed by atoms with Crippen molar-refractivity contribution in [1.82, 2.24) is 20.4 Å². The number of piperidine rings is 2. The standard InChI is InChI=1S/C34H40Cl2N4O2/c35-29-15-11-27(12-16-29)33(37-31(41)23-39-19-3-1-4-20-39)25-7-9-26(10-8-25)34(28-13-17-30(36)18-14-28)38-32(42)24-40-21-5-2-6-22-40/h7-18,33-34H,1-6,19-24H2,(H,37,41)(H,38,42). The van der Waals surface area contributed by atoms with E-state index in [9.17, 15) is 9.59 Å². The van der Waals surface area contributed by atoms with E-state index in [0.29, 0.717) is 23.1 Å². The van der Waals surface area contributed by atoms with Gasteiger partial charge in [0.15, 0.2) is 0 Å². The number of carbonyl (C=O) groups excluding carboxylic acids is 2. The number of amides is 2. The van der Waals surface area contributed by atoms with Crippen molar-refractivity contribution >= 4 is 35.0 Å². The molecule has 2 heterocycles. The van der Waals surface area contributed by atoms with Crippen LogP contribution >= 0.6 is 23.2 Å². The first kappa shape index (κ1) is 30.6. The minimum Gasteiger partial charge on any atom is -0.344 e. The first-order chi connectivity index (χ1) is 20.4. The molecular formula is C34H40Cl2N4O2. The Balaban J connectivity index is 1.36. The highest BCUT2D eigenvalue weighted by Gasteiger charge is 2.23. The van der Waals surface area contributed by atoms with Crippen LogP contribution in [0.15, 0.2) is 72.8 Å². The molecule has 5 rings (SSSR count). The zero-order chi connectivity index (χ0) is 29.3. The van der Waals surface area contributed by atoms with Gasteiger partial charge in [0, 0.05) is 10.0 Å². The third-order valence-corrected chi connectivity index (χ3v) is 8.76. The quantitative estimate of drug-likeness (QED) is 0.281. The maximum absolute atomic E-state index is 13.2. The smallest absolute Gasteiger partial charge is 0.234 e. The summed E-state index contributed by atoms with van der Waals surface area (Å²) < 4.78 is 0. The van der Waals surface area contributed by atoms with E-state index in [1.165, 1.54) is 12.8 Å². The molecule has 2 fully saturated rings. The highest BCUT2D eigenvalue weighted by atomic mass is 35.5. The van der Waals surface area contributed by atoms with E-state index in [1.807, 2.05) is 72.8 Å². The minimum absolute atomic E-state index is 0.00458. The molecule has 2 aliphatic heterocycles. The fraction of sp³-hybridized carbons (Fsp3) is 0.412. The molecule has 2 atom stereocenters. The summed E-state index contributed by atoms with van der Waals surface area (Å²) in [7, 11) is 0. The van der Waals surface area contributed by atoms with Gasteiger partial charge in [-0.25, -0.2) is 0 Å². The molecule has 3 aromatic rings. The molecule has 3 aromatic carbocycles. The molecular weight excluding hydrogens is 567 g/mol. The van der Waals surface area contributed by atoms with Gasteiger partial charge in [0.2, 0.25) is 11.8 Å². The Morgan fingerprint density at radius 1 is 0.524 bits per heavy atom. The molecule has 0 aromatic heterocycles. The number of carbonyl (C=O) groups is 2. The molecule has 222 valence electrons. The largest absolute Gasteiger partial charge is 0.344 e. The lowest BCUT2D eigenvalue weighted by Gasteiger charge is -2.28. The summed E-state index contributed by atoms with van der Waals surface area (Å²) in [6.45, 7) is 4.63. The van der Waals surface area contributed by atoms with Crippen molar-refractivity contribution in [3.63, 3.8) is 0 Å². The zero-order valence-corrected chi connectivity index (χ0v) is 25.5. The van der Waals surface area contributed by atoms with Crippen molar-refractivity contribution in [1.29, 1.82) is 0 Å². The van der Waals surface area contributed by atoms with E-state index in [1.54, 1.807) is 0 Å². The Labute approximate surface area is 259 Å². The molecule has 2 N–H and O–H groups in total. The molecule has 42 heavy (non-hydrogen) atoms. The Kier molecular flexibility index (Phi) is 10.9. The highest BCUT2D eigenvalue weighted by molar-refractivity contribution is 6.30. The van der Waals surface area contributed by atoms with Gasteiger partial charge in [-0.05, 0) is 98.4 Å². The third-order valence-electron chi connectivity index (χ3n) is 8.25. The third kappa shape index (κ3) is 8.57. The summed E-state index contributed by atoms with van der Waals surface area (Å²) in [5.41, 5.74) is 3.84. The SMILES string of the molecule is O=C(CN1CCCCC1)NC(c1ccc(Cl)cc1)c1ccc(C(NC(=O)CN2CCCCC2)c2ccc(Cl)cc2)cc1. The van der Waals surface area contributed by atoms with E-state index >= 15 is 0 Å². The predicted octanol–water partition coefficient (Wildman–Crippen LogP) is 6.38. The van der Waals surface area contributed by atoms with Gasteiger partial charge in [-0.2, -0.15) is 0 Å². The molecule has 2 saturated heterocycles. The number of halogens is 2. The van der Waals surface area contributed by atoms with E-state index in [4.69, 9.17) is 23.2 Å². The average Bonchev–Trinajstić information content (AvgIpc) is 3.01. The molecule has 0 aliphatic carbocycles. The van der Waals surface area contributed by atoms with Crippen LogP contribution < -0.4 is 10.6 Å². The Hall–Kier alpha value is -2.90. The number of hydrogen-bond donors (Lipinski definition) is 2. The highest BCUT2D eigenvalue weighted by Crippen LogP contribution is 2.28. The number of benzene rings is 3. The van der Waals surface area contributed by atoms with Gasteiger partial charge in [0.05, 0.1) is 25.2 Å². The predicted molar refractivity (Wildman–Crippen MR) is 170 cm³/mol. The van der Waals surface area contributed by atoms with Crippen molar-refractivity contribution < 1.29 is 9.59 Å². The van der Waals surface area contributed by atoms with Crippen LogP contribution in [0, 0.1) is 0 Å². The van der Waals surface area contributed by atoms with Crippen molar-refractivity contribution in [2.75, 3.05) is 39.3 Å². The van der Waals surface area contributed by atoms with E-state index in [0.717, 1.165) is 74.1 Å². The first-order valence-corrected chi connectivity index (χ1v) is 15.8. The monoisotopic (exact) mass is 606 g/mol. The van der Waals surface area contributed by atoms with Crippen LogP contribution in [0.3, 0.4) is 0 Å². The van der Waals surface area contributed by atoms with Crippen molar-refractivity contribution in [3.8, 4) is 0 Å². The lowest BCUT2D eigenvalue weighted by Crippen LogP contribution is -2.41. The second kappa shape index (κ2) is 15.0. The van der Waals surface area contributed by atoms with Crippen molar-refractivity contribution in [2.45, 2.75) is 50.6 Å². The molecule has 2 amide bonds. The minimum atomic E-state index is -0.323. The molecule has 2 unspecified atom stereocenters. The topological polar surface area (TPSA) is 64.7 Å². The number of likely N-dealkylation sites (tertiary alicyclic amines) is 2. The second-order valence-corrected chi connectivity index (χ2v) is 12.3. The van der Waals surface area contributed by atoms with Gasteiger partial charge in [-0.15, -0.1) is 0 Å². The number of nitrogens with zero attached hydrogens (tertiary/aromatic N) is 2. The van der Waals surface area contributed by atoms with Crippen LogP contribution in [0.1, 0.15) is 72.9 Å². The van der Waals surface area contributed by atoms with Crippen LogP contribution in [0.2, 0.25) is 10.0 Å². The van der Waals surface area contributed by atoms with Crippen LogP contribution in [-0.2, 0) is 9.59 Å². The summed E-state index contributed by atoms with van der Waals surface area (Å²) in [6.07, 6.45) is 7.01. The Morgan fingerprint density at radius 2 is 0.810 bits per heavy atom. The Bertz CT molecular complexity index is 1200. The molecule has 8 heteroatoms. The van der Waals surface area contributed by atoms with E-state index < -0.39 is 0 Å². The van der Waals surface area contributed by atoms with Crippen LogP contribution in [-0.4, -0.2) is 60.9 Å². The Morgan fingerprint density at radius 3 is 1.12 bits per heavy atom. The van der Waals surface area contributed by atoms with Crippen molar-refractivity contribution in [2.24, 2.45) is 0 Å². The number of rotatable bonds is 10. The van der Waals surface area contributed by atoms with Crippen molar-refractivity contribution in [3.05, 3.63) is 105 Å². The van der Waals surface area contributed by atoms with Gasteiger partial charge < -0.3 is 10.6 Å². The summed E-state index contributed by atoms with van der Waals surface area (Å²) >= 11 is 12.4. The van der Waals surface area contributed by atoms with Crippen LogP contribution in [0.4, 0.5) is 0 Å². The van der Waals surface area contributed by atoms with Crippen LogP contribution in [0.25, 0.3) is 0 Å². The number of hydrogen-bond acceptors (Lipinski definition) is 4. The summed E-state index contributed by atoms with van der Waals surface area (Å²) in [6, 6.07) is 22.7. The molecule has 0 spiro atoms. The maximum atomic E-state index is 13.2. The van der Waals surface area contributed by atoms with E-state index in [2.05, 4.69) is 20.4 Å². The second-order valence-electron chi connectivity index (χ2n) is 11.4. The molecule has 6 nitrogen and oxygen atoms in total. The van der Waals surface area contributed by atoms with E-state index in [-0.39, 0.29) is 23.9 Å². The number of nitrogens with one attached hydrogen (secondary N) is 2. The normalized spacial score (nSPS) is 17.8. The average molecular weight is 608 g/mol. The molecule has 0 bridgehead atoms. The fourth-order valence-electron chi connectivity index (χ4n) is 5.96. The lowest BCUT2D eigenvalue weighted by atomic mass is 9.93. The zero-order valence-electron chi connectivity index (χ0n) is 24.0. The van der Waals surface area contributed by atoms with Crippen LogP contribution in [0.5, 0.6) is 0 Å². The fourth-order valence-corrected chi connectivity index (χ4v) is 6.22. The van der Waals surface area contributed by atoms with Gasteiger partial charge >= 0.3 is 0 Å². The summed E-state index contributed by atoms with van der Waals surface area (Å²) in [5.74, 6) is 0.00915. The molecule has 0 radical (unpaired) electrons. The lowest BCUT2D eigenvalue weighted by molar-refractivity contribution is -0.123. The maximum Gasteiger partial charge on any atom is 0.234 e. The van der Waals surface area contributed by atoms with Gasteiger partial charge in [-0.1, -0.05) is 84.6 Å². The molecule has 2 aliphatic rings. The summed E-state index contributed by atoms with van der Waals surface area (Å²) in [5, 5.41) is 7.84. The van der Waals surface area contributed by atoms with Gasteiger partial charge in [-0.3, -0.25) is 19.4 Å². The van der Waals surface area contributed by atoms with Gasteiger partial charge in [0.1, 0.15) is 0 Å². The molecule has 0 saturated carbocycles. The summed E-state index contributed by atoms with van der Waals surface area (Å²) in [4.78, 5) is 30.8. The first-order valence-electron chi connectivity index (χ1n) is 15.1. The van der Waals surface area contributed by atoms with Gasteiger partial charge in [0.25, 0.3) is 0 Å².